The van der Waals surface area contributed by atoms with Crippen LogP contribution in [0.15, 0.2) is 0 Å². The van der Waals surface area contributed by atoms with E-state index < -0.39 is 6.23 Å². The monoisotopic (exact) mass is 116 g/mol. The van der Waals surface area contributed by atoms with Gasteiger partial charge in [0.05, 0.1) is 0 Å². The van der Waals surface area contributed by atoms with Crippen molar-refractivity contribution < 1.29 is 5.11 Å². The molecule has 2 unspecified atom stereocenters. The van der Waals surface area contributed by atoms with E-state index in [1.807, 2.05) is 6.92 Å². The summed E-state index contributed by atoms with van der Waals surface area (Å²) in [7, 11) is 0. The third-order valence-electron chi connectivity index (χ3n) is 1.06. The molecule has 49 valence electrons. The van der Waals surface area contributed by atoms with Crippen molar-refractivity contribution in [1.82, 2.24) is 5.32 Å². The van der Waals surface area contributed by atoms with Crippen LogP contribution in [0.2, 0.25) is 0 Å². The van der Waals surface area contributed by atoms with Gasteiger partial charge in [-0.15, -0.1) is 0 Å². The average molecular weight is 116 g/mol. The van der Waals surface area contributed by atoms with Gasteiger partial charge in [-0.3, -0.25) is 0 Å². The number of rotatable bonds is 3. The predicted molar refractivity (Wildman–Crippen MR) is 33.6 cm³/mol. The summed E-state index contributed by atoms with van der Waals surface area (Å²) in [4.78, 5) is 0. The van der Waals surface area contributed by atoms with Crippen LogP contribution in [0.1, 0.15) is 27.2 Å². The van der Waals surface area contributed by atoms with Gasteiger partial charge in [-0.1, -0.05) is 6.92 Å². The highest BCUT2D eigenvalue weighted by molar-refractivity contribution is 4.55. The minimum absolute atomic E-state index is 0.301. The molecule has 0 heterocycles. The first kappa shape index (κ1) is 7.92. The number of nitrogens with zero attached hydrogens (tertiary/aromatic N) is 1. The van der Waals surface area contributed by atoms with Crippen LogP contribution in [-0.2, 0) is 0 Å². The van der Waals surface area contributed by atoms with Gasteiger partial charge in [0.25, 0.3) is 0 Å². The van der Waals surface area contributed by atoms with Crippen LogP contribution in [0.5, 0.6) is 0 Å². The maximum atomic E-state index is 8.69. The Labute approximate surface area is 50.9 Å². The molecule has 1 N–H and O–H groups in total. The Morgan fingerprint density at radius 3 is 2.12 bits per heavy atom. The highest BCUT2D eigenvalue weighted by atomic mass is 16.3. The fraction of sp³-hybridized carbons (Fsp3) is 1.00. The Hall–Kier alpha value is -0.0800. The summed E-state index contributed by atoms with van der Waals surface area (Å²) >= 11 is 0. The fourth-order valence-electron chi connectivity index (χ4n) is 0.474. The molecule has 0 aromatic heterocycles. The number of hydrogen-bond acceptors (Lipinski definition) is 1. The quantitative estimate of drug-likeness (QED) is 0.579. The smallest absolute Gasteiger partial charge is 0.117 e. The minimum atomic E-state index is -0.495. The lowest BCUT2D eigenvalue weighted by atomic mass is 10.2. The van der Waals surface area contributed by atoms with Gasteiger partial charge in [0.2, 0.25) is 0 Å². The summed E-state index contributed by atoms with van der Waals surface area (Å²) in [6.07, 6.45) is 0.509. The zero-order valence-corrected chi connectivity index (χ0v) is 5.76. The van der Waals surface area contributed by atoms with Crippen LogP contribution in [0.4, 0.5) is 0 Å². The van der Waals surface area contributed by atoms with E-state index in [-0.39, 0.29) is 0 Å². The molecule has 2 nitrogen and oxygen atoms in total. The number of hydrogen-bond donors (Lipinski definition) is 1. The van der Waals surface area contributed by atoms with E-state index in [0.29, 0.717) is 6.04 Å². The second-order valence-corrected chi connectivity index (χ2v) is 2.04. The summed E-state index contributed by atoms with van der Waals surface area (Å²) in [5, 5.41) is 12.6. The second kappa shape index (κ2) is 3.87. The second-order valence-electron chi connectivity index (χ2n) is 2.04. The van der Waals surface area contributed by atoms with E-state index in [1.54, 1.807) is 6.92 Å². The van der Waals surface area contributed by atoms with E-state index in [0.717, 1.165) is 6.42 Å². The Bertz CT molecular complexity index is 54.5. The third kappa shape index (κ3) is 4.09. The first-order chi connectivity index (χ1) is 3.66. The van der Waals surface area contributed by atoms with Crippen LogP contribution in [0.3, 0.4) is 0 Å². The van der Waals surface area contributed by atoms with Gasteiger partial charge in [0.1, 0.15) is 6.23 Å². The molecular formula is C6H14NO. The molecule has 0 aliphatic carbocycles. The van der Waals surface area contributed by atoms with Gasteiger partial charge in [-0.2, -0.15) is 0 Å². The summed E-state index contributed by atoms with van der Waals surface area (Å²) in [5.41, 5.74) is 0. The molecule has 0 saturated heterocycles. The van der Waals surface area contributed by atoms with Crippen LogP contribution in [-0.4, -0.2) is 17.4 Å². The van der Waals surface area contributed by atoms with Gasteiger partial charge in [-0.05, 0) is 20.3 Å². The average Bonchev–Trinajstić information content (AvgIpc) is 1.65. The number of aliphatic hydroxyl groups excluding tert-OH is 1. The maximum absolute atomic E-state index is 8.69. The molecule has 0 fully saturated rings. The molecular weight excluding hydrogens is 102 g/mol. The lowest BCUT2D eigenvalue weighted by Crippen LogP contribution is -2.25. The van der Waals surface area contributed by atoms with Gasteiger partial charge in [0.15, 0.2) is 0 Å². The Morgan fingerprint density at radius 2 is 2.00 bits per heavy atom. The van der Waals surface area contributed by atoms with Crippen molar-refractivity contribution >= 4 is 0 Å². The summed E-state index contributed by atoms with van der Waals surface area (Å²) in [6, 6.07) is 0.301. The van der Waals surface area contributed by atoms with Crippen LogP contribution >= 0.6 is 0 Å². The first-order valence-corrected chi connectivity index (χ1v) is 3.04. The number of aliphatic hydroxyl groups is 1. The SMILES string of the molecule is CCC(C)[N]C(C)O. The fourth-order valence-corrected chi connectivity index (χ4v) is 0.474. The largest absolute Gasteiger partial charge is 0.377 e. The Kier molecular flexibility index (Phi) is 3.83. The predicted octanol–water partition coefficient (Wildman–Crippen LogP) is 0.728. The third-order valence-corrected chi connectivity index (χ3v) is 1.06. The van der Waals surface area contributed by atoms with Gasteiger partial charge < -0.3 is 5.11 Å². The van der Waals surface area contributed by atoms with Crippen molar-refractivity contribution in [2.24, 2.45) is 0 Å². The van der Waals surface area contributed by atoms with Crippen LogP contribution < -0.4 is 5.32 Å². The molecule has 0 spiro atoms. The first-order valence-electron chi connectivity index (χ1n) is 3.04. The highest BCUT2D eigenvalue weighted by Gasteiger charge is 2.01. The molecule has 0 saturated carbocycles. The van der Waals surface area contributed by atoms with Crippen molar-refractivity contribution in [3.05, 3.63) is 0 Å². The molecule has 2 atom stereocenters. The maximum Gasteiger partial charge on any atom is 0.117 e. The molecule has 0 rings (SSSR count). The summed E-state index contributed by atoms with van der Waals surface area (Å²) < 4.78 is 0. The van der Waals surface area contributed by atoms with E-state index in [4.69, 9.17) is 5.11 Å². The van der Waals surface area contributed by atoms with Crippen molar-refractivity contribution in [3.63, 3.8) is 0 Å². The zero-order valence-electron chi connectivity index (χ0n) is 5.76. The lowest BCUT2D eigenvalue weighted by Gasteiger charge is -2.09. The van der Waals surface area contributed by atoms with Crippen molar-refractivity contribution in [1.29, 1.82) is 0 Å². The Morgan fingerprint density at radius 1 is 1.50 bits per heavy atom. The molecule has 0 aliphatic rings. The summed E-state index contributed by atoms with van der Waals surface area (Å²) in [5.74, 6) is 0. The van der Waals surface area contributed by atoms with Crippen molar-refractivity contribution in [2.75, 3.05) is 0 Å². The molecule has 1 radical (unpaired) electrons. The van der Waals surface area contributed by atoms with Crippen molar-refractivity contribution in [3.8, 4) is 0 Å². The summed E-state index contributed by atoms with van der Waals surface area (Å²) in [6.45, 7) is 5.72. The van der Waals surface area contributed by atoms with E-state index >= 15 is 0 Å². The molecule has 0 amide bonds. The van der Waals surface area contributed by atoms with Crippen LogP contribution in [0.25, 0.3) is 0 Å². The molecule has 2 heteroatoms. The standard InChI is InChI=1S/C6H14NO/c1-4-5(2)7-6(3)8/h5-6,8H,4H2,1-3H3. The van der Waals surface area contributed by atoms with E-state index in [2.05, 4.69) is 12.2 Å². The van der Waals surface area contributed by atoms with Crippen molar-refractivity contribution in [2.45, 2.75) is 39.5 Å². The highest BCUT2D eigenvalue weighted by Crippen LogP contribution is 1.90. The minimum Gasteiger partial charge on any atom is -0.377 e. The zero-order chi connectivity index (χ0) is 6.57. The van der Waals surface area contributed by atoms with Gasteiger partial charge >= 0.3 is 0 Å². The van der Waals surface area contributed by atoms with Crippen LogP contribution in [0, 0.1) is 0 Å². The Balaban J connectivity index is 3.10. The van der Waals surface area contributed by atoms with E-state index in [9.17, 15) is 0 Å². The van der Waals surface area contributed by atoms with Gasteiger partial charge in [-0.25, -0.2) is 5.32 Å². The molecule has 8 heavy (non-hydrogen) atoms. The molecule has 0 bridgehead atoms. The van der Waals surface area contributed by atoms with Gasteiger partial charge in [0, 0.05) is 6.04 Å². The van der Waals surface area contributed by atoms with E-state index in [1.165, 1.54) is 0 Å². The molecule has 0 aliphatic heterocycles. The molecule has 0 aromatic carbocycles. The topological polar surface area (TPSA) is 34.3 Å². The molecule has 0 aromatic rings. The lowest BCUT2D eigenvalue weighted by molar-refractivity contribution is 0.137. The normalized spacial score (nSPS) is 18.0.